The molecular formula is C13H21NO2S. The molecule has 2 rings (SSSR count). The van der Waals surface area contributed by atoms with Gasteiger partial charge in [-0.3, -0.25) is 0 Å². The van der Waals surface area contributed by atoms with Crippen LogP contribution in [0.1, 0.15) is 26.3 Å². The molecule has 1 aliphatic heterocycles. The highest BCUT2D eigenvalue weighted by Crippen LogP contribution is 2.17. The van der Waals surface area contributed by atoms with Crippen molar-refractivity contribution < 1.29 is 9.47 Å². The summed E-state index contributed by atoms with van der Waals surface area (Å²) < 4.78 is 11.3. The zero-order chi connectivity index (χ0) is 12.3. The van der Waals surface area contributed by atoms with Gasteiger partial charge in [0.05, 0.1) is 19.3 Å². The minimum absolute atomic E-state index is 0.302. The second-order valence-corrected chi connectivity index (χ2v) is 5.90. The van der Waals surface area contributed by atoms with Gasteiger partial charge in [-0.05, 0) is 49.6 Å². The van der Waals surface area contributed by atoms with Gasteiger partial charge in [-0.1, -0.05) is 0 Å². The van der Waals surface area contributed by atoms with Crippen LogP contribution in [0, 0.1) is 0 Å². The minimum atomic E-state index is -0.422. The van der Waals surface area contributed by atoms with Crippen molar-refractivity contribution in [2.45, 2.75) is 45.1 Å². The van der Waals surface area contributed by atoms with Crippen LogP contribution < -0.4 is 5.32 Å². The Bertz CT molecular complexity index is 327. The van der Waals surface area contributed by atoms with Gasteiger partial charge in [-0.2, -0.15) is 11.3 Å². The Hall–Kier alpha value is -0.420. The largest absolute Gasteiger partial charge is 0.349 e. The van der Waals surface area contributed by atoms with Gasteiger partial charge < -0.3 is 14.8 Å². The van der Waals surface area contributed by atoms with E-state index in [2.05, 4.69) is 29.1 Å². The highest BCUT2D eigenvalue weighted by molar-refractivity contribution is 7.07. The van der Waals surface area contributed by atoms with E-state index >= 15 is 0 Å². The van der Waals surface area contributed by atoms with Gasteiger partial charge >= 0.3 is 0 Å². The molecule has 0 saturated carbocycles. The number of hydrogen-bond donors (Lipinski definition) is 1. The van der Waals surface area contributed by atoms with Crippen molar-refractivity contribution >= 4 is 11.3 Å². The Morgan fingerprint density at radius 2 is 2.18 bits per heavy atom. The van der Waals surface area contributed by atoms with Gasteiger partial charge in [0.2, 0.25) is 0 Å². The molecule has 96 valence electrons. The maximum Gasteiger partial charge on any atom is 0.162 e. The van der Waals surface area contributed by atoms with Gasteiger partial charge in [0.15, 0.2) is 5.79 Å². The van der Waals surface area contributed by atoms with E-state index in [9.17, 15) is 0 Å². The van der Waals surface area contributed by atoms with Crippen LogP contribution in [-0.2, 0) is 15.9 Å². The van der Waals surface area contributed by atoms with Crippen molar-refractivity contribution in [2.75, 3.05) is 13.2 Å². The molecule has 0 amide bonds. The summed E-state index contributed by atoms with van der Waals surface area (Å²) in [5, 5.41) is 7.88. The summed E-state index contributed by atoms with van der Waals surface area (Å²) in [6, 6.07) is 2.93. The first kappa shape index (κ1) is 13.0. The van der Waals surface area contributed by atoms with E-state index in [0.717, 1.165) is 19.6 Å². The predicted molar refractivity (Wildman–Crippen MR) is 70.4 cm³/mol. The van der Waals surface area contributed by atoms with Crippen molar-refractivity contribution in [3.05, 3.63) is 22.4 Å². The van der Waals surface area contributed by atoms with E-state index in [1.165, 1.54) is 5.56 Å². The third-order valence-corrected chi connectivity index (χ3v) is 3.64. The fourth-order valence-corrected chi connectivity index (χ4v) is 2.69. The average molecular weight is 255 g/mol. The molecule has 0 bridgehead atoms. The molecule has 1 aromatic heterocycles. The van der Waals surface area contributed by atoms with Crippen molar-refractivity contribution in [1.82, 2.24) is 5.32 Å². The highest BCUT2D eigenvalue weighted by Gasteiger charge is 2.28. The molecule has 0 spiro atoms. The molecule has 1 fully saturated rings. The fourth-order valence-electron chi connectivity index (χ4n) is 2.01. The van der Waals surface area contributed by atoms with Crippen LogP contribution >= 0.6 is 11.3 Å². The van der Waals surface area contributed by atoms with E-state index in [0.29, 0.717) is 12.1 Å². The normalized spacial score (nSPS) is 22.5. The average Bonchev–Trinajstić information content (AvgIpc) is 2.74. The Morgan fingerprint density at radius 1 is 1.47 bits per heavy atom. The summed E-state index contributed by atoms with van der Waals surface area (Å²) in [6.07, 6.45) is 1.06. The van der Waals surface area contributed by atoms with Crippen LogP contribution in [0.4, 0.5) is 0 Å². The second kappa shape index (κ2) is 5.48. The summed E-state index contributed by atoms with van der Waals surface area (Å²) in [4.78, 5) is 0. The molecule has 17 heavy (non-hydrogen) atoms. The minimum Gasteiger partial charge on any atom is -0.349 e. The molecule has 3 nitrogen and oxygen atoms in total. The molecular weight excluding hydrogens is 234 g/mol. The van der Waals surface area contributed by atoms with E-state index in [-0.39, 0.29) is 0 Å². The summed E-state index contributed by atoms with van der Waals surface area (Å²) in [5.74, 6) is -0.422. The lowest BCUT2D eigenvalue weighted by Crippen LogP contribution is -2.51. The van der Waals surface area contributed by atoms with Crippen LogP contribution in [0.2, 0.25) is 0 Å². The Labute approximate surface area is 107 Å². The van der Waals surface area contributed by atoms with Crippen LogP contribution in [0.3, 0.4) is 0 Å². The van der Waals surface area contributed by atoms with Gasteiger partial charge in [-0.25, -0.2) is 0 Å². The maximum absolute atomic E-state index is 5.63. The maximum atomic E-state index is 5.63. The molecule has 1 unspecified atom stereocenters. The molecule has 1 saturated heterocycles. The number of rotatable bonds is 4. The number of thiophene rings is 1. The first-order chi connectivity index (χ1) is 8.05. The van der Waals surface area contributed by atoms with Crippen LogP contribution in [-0.4, -0.2) is 31.1 Å². The highest BCUT2D eigenvalue weighted by atomic mass is 32.1. The van der Waals surface area contributed by atoms with E-state index in [1.807, 2.05) is 13.8 Å². The third-order valence-electron chi connectivity index (χ3n) is 2.91. The lowest BCUT2D eigenvalue weighted by atomic mass is 10.1. The zero-order valence-electron chi connectivity index (χ0n) is 10.7. The molecule has 4 heteroatoms. The smallest absolute Gasteiger partial charge is 0.162 e. The lowest BCUT2D eigenvalue weighted by molar-refractivity contribution is -0.253. The summed E-state index contributed by atoms with van der Waals surface area (Å²) in [7, 11) is 0. The zero-order valence-corrected chi connectivity index (χ0v) is 11.5. The standard InChI is InChI=1S/C13H21NO2S/c1-10(6-11-4-5-17-9-11)14-12-7-15-13(2,3)16-8-12/h4-5,9-10,12,14H,6-8H2,1-3H3. The molecule has 2 heterocycles. The van der Waals surface area contributed by atoms with Crippen LogP contribution in [0.5, 0.6) is 0 Å². The molecule has 0 aliphatic carbocycles. The predicted octanol–water partition coefficient (Wildman–Crippen LogP) is 2.42. The molecule has 1 atom stereocenters. The van der Waals surface area contributed by atoms with E-state index in [4.69, 9.17) is 9.47 Å². The van der Waals surface area contributed by atoms with Crippen LogP contribution in [0.15, 0.2) is 16.8 Å². The summed E-state index contributed by atoms with van der Waals surface area (Å²) >= 11 is 1.75. The number of nitrogens with one attached hydrogen (secondary N) is 1. The Balaban J connectivity index is 1.74. The van der Waals surface area contributed by atoms with E-state index in [1.54, 1.807) is 11.3 Å². The monoisotopic (exact) mass is 255 g/mol. The topological polar surface area (TPSA) is 30.5 Å². The van der Waals surface area contributed by atoms with Crippen molar-refractivity contribution in [1.29, 1.82) is 0 Å². The van der Waals surface area contributed by atoms with Gasteiger partial charge in [0, 0.05) is 6.04 Å². The first-order valence-electron chi connectivity index (χ1n) is 6.10. The first-order valence-corrected chi connectivity index (χ1v) is 7.04. The summed E-state index contributed by atoms with van der Waals surface area (Å²) in [5.41, 5.74) is 1.40. The molecule has 1 aromatic rings. The number of hydrogen-bond acceptors (Lipinski definition) is 4. The SMILES string of the molecule is CC(Cc1ccsc1)NC1COC(C)(C)OC1. The third kappa shape index (κ3) is 4.07. The van der Waals surface area contributed by atoms with Gasteiger partial charge in [0.1, 0.15) is 0 Å². The number of ether oxygens (including phenoxy) is 2. The quantitative estimate of drug-likeness (QED) is 0.896. The van der Waals surface area contributed by atoms with Crippen molar-refractivity contribution in [3.63, 3.8) is 0 Å². The van der Waals surface area contributed by atoms with Crippen molar-refractivity contribution in [2.24, 2.45) is 0 Å². The molecule has 0 aromatic carbocycles. The van der Waals surface area contributed by atoms with Gasteiger partial charge in [0.25, 0.3) is 0 Å². The second-order valence-electron chi connectivity index (χ2n) is 5.12. The summed E-state index contributed by atoms with van der Waals surface area (Å²) in [6.45, 7) is 7.56. The van der Waals surface area contributed by atoms with E-state index < -0.39 is 5.79 Å². The molecule has 1 aliphatic rings. The van der Waals surface area contributed by atoms with Gasteiger partial charge in [-0.15, -0.1) is 0 Å². The fraction of sp³-hybridized carbons (Fsp3) is 0.692. The Morgan fingerprint density at radius 3 is 2.76 bits per heavy atom. The molecule has 0 radical (unpaired) electrons. The molecule has 1 N–H and O–H groups in total. The lowest BCUT2D eigenvalue weighted by Gasteiger charge is -2.36. The Kier molecular flexibility index (Phi) is 4.20. The van der Waals surface area contributed by atoms with Crippen LogP contribution in [0.25, 0.3) is 0 Å². The van der Waals surface area contributed by atoms with Crippen molar-refractivity contribution in [3.8, 4) is 0 Å².